The number of aliphatic hydroxyl groups is 1. The molecule has 0 bridgehead atoms. The van der Waals surface area contributed by atoms with Gasteiger partial charge in [0.2, 0.25) is 5.91 Å². The van der Waals surface area contributed by atoms with Gasteiger partial charge in [0.1, 0.15) is 6.04 Å². The van der Waals surface area contributed by atoms with Gasteiger partial charge in [0.05, 0.1) is 6.10 Å². The molecule has 0 aromatic heterocycles. The van der Waals surface area contributed by atoms with Crippen LogP contribution in [0.4, 0.5) is 5.69 Å². The van der Waals surface area contributed by atoms with Crippen molar-refractivity contribution in [3.8, 4) is 0 Å². The Labute approximate surface area is 117 Å². The number of anilines is 1. The smallest absolute Gasteiger partial charge is 0.320 e. The summed E-state index contributed by atoms with van der Waals surface area (Å²) in [5, 5.41) is 24.3. The van der Waals surface area contributed by atoms with E-state index in [1.54, 1.807) is 31.2 Å². The molecule has 0 aliphatic carbocycles. The molecule has 0 aliphatic rings. The minimum absolute atomic E-state index is 0.157. The zero-order chi connectivity index (χ0) is 15.1. The highest BCUT2D eigenvalue weighted by molar-refractivity contribution is 5.88. The molecule has 1 rings (SSSR count). The van der Waals surface area contributed by atoms with Crippen LogP contribution in [0.2, 0.25) is 0 Å². The van der Waals surface area contributed by atoms with E-state index in [1.807, 2.05) is 0 Å². The van der Waals surface area contributed by atoms with Gasteiger partial charge >= 0.3 is 5.97 Å². The summed E-state index contributed by atoms with van der Waals surface area (Å²) < 4.78 is 0. The Kier molecular flexibility index (Phi) is 6.14. The Morgan fingerprint density at radius 3 is 2.30 bits per heavy atom. The van der Waals surface area contributed by atoms with Gasteiger partial charge in [-0.2, -0.15) is 0 Å². The summed E-state index contributed by atoms with van der Waals surface area (Å²) in [6.07, 6.45) is -0.349. The third kappa shape index (κ3) is 4.99. The third-order valence-corrected chi connectivity index (χ3v) is 2.88. The van der Waals surface area contributed by atoms with Gasteiger partial charge in [0.25, 0.3) is 0 Å². The number of aliphatic carboxylic acids is 1. The highest BCUT2D eigenvalue weighted by Gasteiger charge is 2.16. The average molecular weight is 280 g/mol. The first-order valence-electron chi connectivity index (χ1n) is 6.45. The average Bonchev–Trinajstić information content (AvgIpc) is 2.39. The van der Waals surface area contributed by atoms with Crippen molar-refractivity contribution >= 4 is 17.6 Å². The second kappa shape index (κ2) is 7.62. The molecular formula is C14H20N2O4. The Bertz CT molecular complexity index is 459. The summed E-state index contributed by atoms with van der Waals surface area (Å²) >= 11 is 0. The van der Waals surface area contributed by atoms with Crippen molar-refractivity contribution in [2.45, 2.75) is 32.4 Å². The number of carboxylic acid groups (broad SMARTS) is 1. The Hall–Kier alpha value is -1.92. The SMILES string of the molecule is CCC(NCC(O)c1ccc(NC(C)=O)cc1)C(=O)O. The molecule has 0 saturated heterocycles. The Morgan fingerprint density at radius 1 is 1.25 bits per heavy atom. The summed E-state index contributed by atoms with van der Waals surface area (Å²) in [6, 6.07) is 6.10. The maximum Gasteiger partial charge on any atom is 0.320 e. The van der Waals surface area contributed by atoms with E-state index >= 15 is 0 Å². The highest BCUT2D eigenvalue weighted by atomic mass is 16.4. The Balaban J connectivity index is 2.57. The molecule has 6 heteroatoms. The number of carbonyl (C=O) groups excluding carboxylic acids is 1. The van der Waals surface area contributed by atoms with Crippen LogP contribution in [-0.2, 0) is 9.59 Å². The molecule has 0 aliphatic heterocycles. The van der Waals surface area contributed by atoms with E-state index in [9.17, 15) is 14.7 Å². The number of aliphatic hydroxyl groups excluding tert-OH is 1. The number of rotatable bonds is 7. The van der Waals surface area contributed by atoms with Crippen LogP contribution in [0.3, 0.4) is 0 Å². The second-order valence-corrected chi connectivity index (χ2v) is 4.53. The van der Waals surface area contributed by atoms with Crippen LogP contribution in [0.15, 0.2) is 24.3 Å². The minimum Gasteiger partial charge on any atom is -0.480 e. The fourth-order valence-electron chi connectivity index (χ4n) is 1.77. The van der Waals surface area contributed by atoms with E-state index in [-0.39, 0.29) is 12.5 Å². The number of carbonyl (C=O) groups is 2. The number of nitrogens with one attached hydrogen (secondary N) is 2. The zero-order valence-corrected chi connectivity index (χ0v) is 11.6. The van der Waals surface area contributed by atoms with E-state index in [2.05, 4.69) is 10.6 Å². The first-order valence-corrected chi connectivity index (χ1v) is 6.45. The lowest BCUT2D eigenvalue weighted by Gasteiger charge is -2.16. The molecule has 110 valence electrons. The quantitative estimate of drug-likeness (QED) is 0.600. The van der Waals surface area contributed by atoms with Gasteiger partial charge in [-0.1, -0.05) is 19.1 Å². The van der Waals surface area contributed by atoms with E-state index < -0.39 is 18.1 Å². The summed E-state index contributed by atoms with van der Waals surface area (Å²) in [7, 11) is 0. The maximum atomic E-state index is 10.9. The predicted octanol–water partition coefficient (Wildman–Crippen LogP) is 1.13. The topological polar surface area (TPSA) is 98.7 Å². The summed E-state index contributed by atoms with van der Waals surface area (Å²) in [5.41, 5.74) is 1.31. The molecule has 2 atom stereocenters. The summed E-state index contributed by atoms with van der Waals surface area (Å²) in [4.78, 5) is 21.7. The molecular weight excluding hydrogens is 260 g/mol. The molecule has 0 radical (unpaired) electrons. The zero-order valence-electron chi connectivity index (χ0n) is 11.6. The Morgan fingerprint density at radius 2 is 1.85 bits per heavy atom. The van der Waals surface area contributed by atoms with Crippen LogP contribution >= 0.6 is 0 Å². The molecule has 0 fully saturated rings. The van der Waals surface area contributed by atoms with Gasteiger partial charge in [-0.05, 0) is 24.1 Å². The number of hydrogen-bond donors (Lipinski definition) is 4. The van der Waals surface area contributed by atoms with Gasteiger partial charge < -0.3 is 20.8 Å². The second-order valence-electron chi connectivity index (χ2n) is 4.53. The van der Waals surface area contributed by atoms with Crippen LogP contribution in [0.5, 0.6) is 0 Å². The monoisotopic (exact) mass is 280 g/mol. The number of hydrogen-bond acceptors (Lipinski definition) is 4. The van der Waals surface area contributed by atoms with Crippen molar-refractivity contribution in [2.75, 3.05) is 11.9 Å². The maximum absolute atomic E-state index is 10.9. The summed E-state index contributed by atoms with van der Waals surface area (Å²) in [5.74, 6) is -1.09. The summed E-state index contributed by atoms with van der Waals surface area (Å²) in [6.45, 7) is 3.34. The van der Waals surface area contributed by atoms with Gasteiger partial charge in [-0.25, -0.2) is 0 Å². The molecule has 4 N–H and O–H groups in total. The normalized spacial score (nSPS) is 13.6. The fraction of sp³-hybridized carbons (Fsp3) is 0.429. The van der Waals surface area contributed by atoms with Crippen molar-refractivity contribution in [3.05, 3.63) is 29.8 Å². The standard InChI is InChI=1S/C14H20N2O4/c1-3-12(14(19)20)15-8-13(18)10-4-6-11(7-5-10)16-9(2)17/h4-7,12-13,15,18H,3,8H2,1-2H3,(H,16,17)(H,19,20). The van der Waals surface area contributed by atoms with Crippen LogP contribution in [0, 0.1) is 0 Å². The fourth-order valence-corrected chi connectivity index (χ4v) is 1.77. The van der Waals surface area contributed by atoms with Gasteiger partial charge in [0.15, 0.2) is 0 Å². The first-order chi connectivity index (χ1) is 9.43. The van der Waals surface area contributed by atoms with Crippen LogP contribution in [0.1, 0.15) is 31.9 Å². The van der Waals surface area contributed by atoms with Crippen molar-refractivity contribution in [2.24, 2.45) is 0 Å². The van der Waals surface area contributed by atoms with Crippen molar-refractivity contribution in [3.63, 3.8) is 0 Å². The van der Waals surface area contributed by atoms with Crippen molar-refractivity contribution in [1.82, 2.24) is 5.32 Å². The first kappa shape index (κ1) is 16.1. The lowest BCUT2D eigenvalue weighted by atomic mass is 10.1. The largest absolute Gasteiger partial charge is 0.480 e. The molecule has 0 saturated carbocycles. The minimum atomic E-state index is -0.930. The van der Waals surface area contributed by atoms with E-state index in [1.165, 1.54) is 6.92 Å². The molecule has 6 nitrogen and oxygen atoms in total. The van der Waals surface area contributed by atoms with Crippen LogP contribution in [0.25, 0.3) is 0 Å². The van der Waals surface area contributed by atoms with Crippen LogP contribution in [-0.4, -0.2) is 34.7 Å². The number of amides is 1. The lowest BCUT2D eigenvalue weighted by Crippen LogP contribution is -2.38. The van der Waals surface area contributed by atoms with Gasteiger partial charge in [-0.15, -0.1) is 0 Å². The molecule has 1 amide bonds. The molecule has 1 aromatic rings. The van der Waals surface area contributed by atoms with E-state index in [0.717, 1.165) is 0 Å². The van der Waals surface area contributed by atoms with Crippen molar-refractivity contribution in [1.29, 1.82) is 0 Å². The highest BCUT2D eigenvalue weighted by Crippen LogP contribution is 2.16. The van der Waals surface area contributed by atoms with E-state index in [0.29, 0.717) is 17.7 Å². The van der Waals surface area contributed by atoms with E-state index in [4.69, 9.17) is 5.11 Å². The molecule has 1 aromatic carbocycles. The number of carboxylic acids is 1. The number of benzene rings is 1. The van der Waals surface area contributed by atoms with Gasteiger partial charge in [0, 0.05) is 19.2 Å². The molecule has 20 heavy (non-hydrogen) atoms. The predicted molar refractivity (Wildman–Crippen MR) is 75.4 cm³/mol. The van der Waals surface area contributed by atoms with Gasteiger partial charge in [-0.3, -0.25) is 9.59 Å². The third-order valence-electron chi connectivity index (χ3n) is 2.88. The van der Waals surface area contributed by atoms with Crippen LogP contribution < -0.4 is 10.6 Å². The molecule has 0 heterocycles. The molecule has 2 unspecified atom stereocenters. The van der Waals surface area contributed by atoms with Crippen molar-refractivity contribution < 1.29 is 19.8 Å². The molecule has 0 spiro atoms. The lowest BCUT2D eigenvalue weighted by molar-refractivity contribution is -0.139.